The lowest BCUT2D eigenvalue weighted by Gasteiger charge is -2.29. The first kappa shape index (κ1) is 15.5. The van der Waals surface area contributed by atoms with Gasteiger partial charge in [0.2, 0.25) is 10.0 Å². The molecule has 2 rings (SSSR count). The average Bonchev–Trinajstić information content (AvgIpc) is 2.86. The molecule has 114 valence electrons. The van der Waals surface area contributed by atoms with E-state index in [1.807, 2.05) is 0 Å². The Morgan fingerprint density at radius 1 is 1.50 bits per heavy atom. The maximum Gasteiger partial charge on any atom is 0.244 e. The molecule has 20 heavy (non-hydrogen) atoms. The summed E-state index contributed by atoms with van der Waals surface area (Å²) in [6.07, 6.45) is 3.67. The minimum absolute atomic E-state index is 0.376. The molecule has 6 heteroatoms. The summed E-state index contributed by atoms with van der Waals surface area (Å²) in [6, 6.07) is 2.12. The molecule has 1 aromatic heterocycles. The van der Waals surface area contributed by atoms with Crippen molar-refractivity contribution in [1.82, 2.24) is 14.6 Å². The number of nitrogens with one attached hydrogen (secondary N) is 2. The molecule has 0 radical (unpaired) electrons. The standard InChI is InChI=1S/C14H25N3O2S/c1-11(2)15-8-13-7-14(9-16-13)20(18,19)17-6-4-5-12(3)10-17/h7,9,11-12,15-16H,4-6,8,10H2,1-3H3. The molecule has 0 aromatic carbocycles. The summed E-state index contributed by atoms with van der Waals surface area (Å²) in [5, 5.41) is 3.27. The van der Waals surface area contributed by atoms with Crippen LogP contribution in [0.15, 0.2) is 17.2 Å². The SMILES string of the molecule is CC1CCCN(S(=O)(=O)c2c[nH]c(CNC(C)C)c2)C1. The molecule has 5 nitrogen and oxygen atoms in total. The molecule has 1 aliphatic rings. The van der Waals surface area contributed by atoms with E-state index < -0.39 is 10.0 Å². The van der Waals surface area contributed by atoms with Gasteiger partial charge in [0.1, 0.15) is 0 Å². The number of hydrogen-bond donors (Lipinski definition) is 2. The number of sulfonamides is 1. The van der Waals surface area contributed by atoms with Crippen molar-refractivity contribution in [2.24, 2.45) is 5.92 Å². The molecule has 1 unspecified atom stereocenters. The Morgan fingerprint density at radius 2 is 2.25 bits per heavy atom. The lowest BCUT2D eigenvalue weighted by molar-refractivity contribution is 0.281. The van der Waals surface area contributed by atoms with Crippen molar-refractivity contribution < 1.29 is 8.42 Å². The second kappa shape index (κ2) is 6.28. The van der Waals surface area contributed by atoms with Crippen LogP contribution >= 0.6 is 0 Å². The molecule has 0 spiro atoms. The fourth-order valence-electron chi connectivity index (χ4n) is 2.50. The van der Waals surface area contributed by atoms with Gasteiger partial charge in [-0.2, -0.15) is 4.31 Å². The molecule has 1 atom stereocenters. The van der Waals surface area contributed by atoms with Crippen LogP contribution in [0.5, 0.6) is 0 Å². The number of aromatic nitrogens is 1. The van der Waals surface area contributed by atoms with Gasteiger partial charge in [-0.3, -0.25) is 0 Å². The summed E-state index contributed by atoms with van der Waals surface area (Å²) in [5.41, 5.74) is 0.905. The van der Waals surface area contributed by atoms with E-state index >= 15 is 0 Å². The molecule has 0 aliphatic carbocycles. The molecule has 0 saturated carbocycles. The first-order valence-corrected chi connectivity index (χ1v) is 8.74. The van der Waals surface area contributed by atoms with Crippen molar-refractivity contribution in [3.05, 3.63) is 18.0 Å². The minimum atomic E-state index is -3.34. The van der Waals surface area contributed by atoms with E-state index in [0.29, 0.717) is 36.5 Å². The normalized spacial score (nSPS) is 21.5. The Kier molecular flexibility index (Phi) is 4.88. The smallest absolute Gasteiger partial charge is 0.244 e. The highest BCUT2D eigenvalue weighted by atomic mass is 32.2. The molecule has 1 fully saturated rings. The average molecular weight is 299 g/mol. The highest BCUT2D eigenvalue weighted by molar-refractivity contribution is 7.89. The van der Waals surface area contributed by atoms with Crippen LogP contribution in [0.2, 0.25) is 0 Å². The van der Waals surface area contributed by atoms with Crippen molar-refractivity contribution in [2.75, 3.05) is 13.1 Å². The number of rotatable bonds is 5. The van der Waals surface area contributed by atoms with Crippen LogP contribution in [-0.4, -0.2) is 36.8 Å². The van der Waals surface area contributed by atoms with Gasteiger partial charge in [0.15, 0.2) is 0 Å². The minimum Gasteiger partial charge on any atom is -0.363 e. The summed E-state index contributed by atoms with van der Waals surface area (Å²) < 4.78 is 26.8. The molecular formula is C14H25N3O2S. The van der Waals surface area contributed by atoms with Crippen molar-refractivity contribution in [1.29, 1.82) is 0 Å². The van der Waals surface area contributed by atoms with Gasteiger partial charge < -0.3 is 10.3 Å². The predicted octanol–water partition coefficient (Wildman–Crippen LogP) is 1.93. The largest absolute Gasteiger partial charge is 0.363 e. The molecule has 1 aliphatic heterocycles. The third-order valence-electron chi connectivity index (χ3n) is 3.67. The third-order valence-corrected chi connectivity index (χ3v) is 5.52. The summed E-state index contributed by atoms with van der Waals surface area (Å²) in [4.78, 5) is 3.43. The number of nitrogens with zero attached hydrogens (tertiary/aromatic N) is 1. The molecule has 0 bridgehead atoms. The number of piperidine rings is 1. The summed E-state index contributed by atoms with van der Waals surface area (Å²) in [5.74, 6) is 0.444. The number of aromatic amines is 1. The Labute approximate surface area is 121 Å². The Balaban J connectivity index is 2.09. The van der Waals surface area contributed by atoms with Gasteiger partial charge in [0, 0.05) is 37.6 Å². The fourth-order valence-corrected chi connectivity index (χ4v) is 4.12. The van der Waals surface area contributed by atoms with Gasteiger partial charge in [-0.15, -0.1) is 0 Å². The first-order chi connectivity index (χ1) is 9.39. The lowest BCUT2D eigenvalue weighted by Crippen LogP contribution is -2.38. The van der Waals surface area contributed by atoms with Crippen molar-refractivity contribution in [3.8, 4) is 0 Å². The lowest BCUT2D eigenvalue weighted by atomic mass is 10.0. The molecule has 1 saturated heterocycles. The third kappa shape index (κ3) is 3.62. The van der Waals surface area contributed by atoms with Crippen LogP contribution in [0.4, 0.5) is 0 Å². The van der Waals surface area contributed by atoms with Gasteiger partial charge in [-0.25, -0.2) is 8.42 Å². The van der Waals surface area contributed by atoms with E-state index in [4.69, 9.17) is 0 Å². The Bertz CT molecular complexity index is 536. The van der Waals surface area contributed by atoms with Crippen LogP contribution in [0.25, 0.3) is 0 Å². The number of hydrogen-bond acceptors (Lipinski definition) is 3. The number of H-pyrrole nitrogens is 1. The van der Waals surface area contributed by atoms with Gasteiger partial charge in [-0.1, -0.05) is 20.8 Å². The monoisotopic (exact) mass is 299 g/mol. The zero-order valence-corrected chi connectivity index (χ0v) is 13.3. The summed E-state index contributed by atoms with van der Waals surface area (Å²) in [7, 11) is -3.34. The van der Waals surface area contributed by atoms with E-state index in [0.717, 1.165) is 18.5 Å². The van der Waals surface area contributed by atoms with Crippen molar-refractivity contribution in [3.63, 3.8) is 0 Å². The van der Waals surface area contributed by atoms with Crippen LogP contribution in [0.3, 0.4) is 0 Å². The fraction of sp³-hybridized carbons (Fsp3) is 0.714. The van der Waals surface area contributed by atoms with Gasteiger partial charge in [0.05, 0.1) is 4.90 Å². The Morgan fingerprint density at radius 3 is 2.90 bits per heavy atom. The molecule has 2 heterocycles. The van der Waals surface area contributed by atoms with Crippen LogP contribution in [0, 0.1) is 5.92 Å². The summed E-state index contributed by atoms with van der Waals surface area (Å²) >= 11 is 0. The van der Waals surface area contributed by atoms with Gasteiger partial charge in [-0.05, 0) is 24.8 Å². The maximum absolute atomic E-state index is 12.6. The highest BCUT2D eigenvalue weighted by Crippen LogP contribution is 2.23. The van der Waals surface area contributed by atoms with E-state index in [9.17, 15) is 8.42 Å². The predicted molar refractivity (Wildman–Crippen MR) is 79.9 cm³/mol. The van der Waals surface area contributed by atoms with Crippen molar-refractivity contribution in [2.45, 2.75) is 51.1 Å². The van der Waals surface area contributed by atoms with E-state index in [1.54, 1.807) is 16.6 Å². The highest BCUT2D eigenvalue weighted by Gasteiger charge is 2.29. The summed E-state index contributed by atoms with van der Waals surface area (Å²) in [6.45, 7) is 8.16. The topological polar surface area (TPSA) is 65.2 Å². The van der Waals surface area contributed by atoms with Crippen LogP contribution in [-0.2, 0) is 16.6 Å². The molecular weight excluding hydrogens is 274 g/mol. The zero-order chi connectivity index (χ0) is 14.8. The second-order valence-corrected chi connectivity index (χ2v) is 7.94. The van der Waals surface area contributed by atoms with E-state index in [-0.39, 0.29) is 0 Å². The van der Waals surface area contributed by atoms with Crippen LogP contribution in [0.1, 0.15) is 39.3 Å². The van der Waals surface area contributed by atoms with E-state index in [2.05, 4.69) is 31.1 Å². The molecule has 0 amide bonds. The molecule has 1 aromatic rings. The van der Waals surface area contributed by atoms with Gasteiger partial charge >= 0.3 is 0 Å². The van der Waals surface area contributed by atoms with Crippen LogP contribution < -0.4 is 5.32 Å². The maximum atomic E-state index is 12.6. The Hall–Kier alpha value is -0.850. The second-order valence-electron chi connectivity index (χ2n) is 6.01. The molecule has 2 N–H and O–H groups in total. The quantitative estimate of drug-likeness (QED) is 0.873. The first-order valence-electron chi connectivity index (χ1n) is 7.30. The zero-order valence-electron chi connectivity index (χ0n) is 12.5. The van der Waals surface area contributed by atoms with Crippen molar-refractivity contribution >= 4 is 10.0 Å². The van der Waals surface area contributed by atoms with Gasteiger partial charge in [0.25, 0.3) is 0 Å². The van der Waals surface area contributed by atoms with E-state index in [1.165, 1.54) is 0 Å².